The van der Waals surface area contributed by atoms with Crippen molar-refractivity contribution in [3.8, 4) is 5.75 Å². The zero-order chi connectivity index (χ0) is 13.1. The fourth-order valence-corrected chi connectivity index (χ4v) is 1.37. The second kappa shape index (κ2) is 5.96. The normalized spacial score (nSPS) is 11.1. The number of carbonyl (C=O) groups is 1. The lowest BCUT2D eigenvalue weighted by atomic mass is 10.1. The molecule has 0 radical (unpaired) electrons. The molecule has 0 saturated heterocycles. The minimum absolute atomic E-state index is 0.297. The molecule has 0 atom stereocenters. The van der Waals surface area contributed by atoms with Crippen LogP contribution in [0.25, 0.3) is 0 Å². The van der Waals surface area contributed by atoms with E-state index < -0.39 is 9.76 Å². The molecule has 0 aromatic heterocycles. The van der Waals surface area contributed by atoms with Crippen molar-refractivity contribution in [3.63, 3.8) is 0 Å². The summed E-state index contributed by atoms with van der Waals surface area (Å²) in [6.45, 7) is 3.57. The Labute approximate surface area is 119 Å². The second-order valence-corrected chi connectivity index (χ2v) is 6.00. The summed E-state index contributed by atoms with van der Waals surface area (Å²) < 4.78 is 2.87. The smallest absolute Gasteiger partial charge is 0.363 e. The SMILES string of the molecule is C=C(Cl)Cc1ccccc1OC(=O)C(Cl)(Cl)Cl. The van der Waals surface area contributed by atoms with E-state index in [0.717, 1.165) is 0 Å². The standard InChI is InChI=1S/C11H8Cl4O2/c1-7(12)6-8-4-2-3-5-9(8)17-10(16)11(13,14)15/h2-5H,1,6H2. The van der Waals surface area contributed by atoms with Crippen molar-refractivity contribution < 1.29 is 9.53 Å². The molecule has 92 valence electrons. The van der Waals surface area contributed by atoms with E-state index in [1.54, 1.807) is 24.3 Å². The number of hydrogen-bond donors (Lipinski definition) is 0. The van der Waals surface area contributed by atoms with Gasteiger partial charge >= 0.3 is 5.97 Å². The molecule has 0 heterocycles. The van der Waals surface area contributed by atoms with Gasteiger partial charge in [-0.05, 0) is 6.07 Å². The summed E-state index contributed by atoms with van der Waals surface area (Å²) in [5.41, 5.74) is 0.690. The monoisotopic (exact) mass is 312 g/mol. The van der Waals surface area contributed by atoms with E-state index in [9.17, 15) is 4.79 Å². The molecule has 1 aromatic carbocycles. The highest BCUT2D eigenvalue weighted by Crippen LogP contribution is 2.30. The number of carbonyl (C=O) groups excluding carboxylic acids is 1. The van der Waals surface area contributed by atoms with E-state index in [1.807, 2.05) is 0 Å². The number of para-hydroxylation sites is 1. The number of alkyl halides is 3. The maximum atomic E-state index is 11.4. The largest absolute Gasteiger partial charge is 0.423 e. The van der Waals surface area contributed by atoms with Crippen LogP contribution in [0.5, 0.6) is 5.75 Å². The number of benzene rings is 1. The second-order valence-electron chi connectivity index (χ2n) is 3.19. The lowest BCUT2D eigenvalue weighted by Gasteiger charge is -2.13. The summed E-state index contributed by atoms with van der Waals surface area (Å²) in [5, 5.41) is 0.419. The van der Waals surface area contributed by atoms with Gasteiger partial charge in [0.25, 0.3) is 3.79 Å². The van der Waals surface area contributed by atoms with Crippen LogP contribution >= 0.6 is 46.4 Å². The van der Waals surface area contributed by atoms with Crippen molar-refractivity contribution in [2.24, 2.45) is 0 Å². The molecule has 0 aliphatic heterocycles. The summed E-state index contributed by atoms with van der Waals surface area (Å²) in [4.78, 5) is 11.4. The van der Waals surface area contributed by atoms with Crippen LogP contribution in [0.2, 0.25) is 0 Å². The summed E-state index contributed by atoms with van der Waals surface area (Å²) >= 11 is 21.9. The van der Waals surface area contributed by atoms with Gasteiger partial charge in [-0.1, -0.05) is 71.2 Å². The Balaban J connectivity index is 2.91. The Bertz CT molecular complexity index is 437. The third-order valence-corrected chi connectivity index (χ3v) is 2.39. The van der Waals surface area contributed by atoms with Gasteiger partial charge < -0.3 is 4.74 Å². The third kappa shape index (κ3) is 4.76. The van der Waals surface area contributed by atoms with Crippen LogP contribution in [0.4, 0.5) is 0 Å². The first-order valence-electron chi connectivity index (χ1n) is 4.51. The molecule has 1 rings (SSSR count). The lowest BCUT2D eigenvalue weighted by molar-refractivity contribution is -0.133. The Hall–Kier alpha value is -0.410. The zero-order valence-electron chi connectivity index (χ0n) is 8.55. The van der Waals surface area contributed by atoms with Crippen molar-refractivity contribution in [3.05, 3.63) is 41.4 Å². The number of esters is 1. The van der Waals surface area contributed by atoms with Gasteiger partial charge in [0.05, 0.1) is 0 Å². The summed E-state index contributed by atoms with van der Waals surface area (Å²) in [5.74, 6) is -0.666. The first-order chi connectivity index (χ1) is 7.80. The highest BCUT2D eigenvalue weighted by Gasteiger charge is 2.33. The Kier molecular flexibility index (Phi) is 5.14. The highest BCUT2D eigenvalue weighted by atomic mass is 35.6. The number of rotatable bonds is 3. The first-order valence-corrected chi connectivity index (χ1v) is 6.02. The topological polar surface area (TPSA) is 26.3 Å². The minimum Gasteiger partial charge on any atom is -0.423 e. The van der Waals surface area contributed by atoms with Crippen molar-refractivity contribution in [2.75, 3.05) is 0 Å². The van der Waals surface area contributed by atoms with Gasteiger partial charge in [0.1, 0.15) is 5.75 Å². The van der Waals surface area contributed by atoms with E-state index in [-0.39, 0.29) is 0 Å². The average Bonchev–Trinajstić information content (AvgIpc) is 2.18. The van der Waals surface area contributed by atoms with Crippen molar-refractivity contribution in [1.82, 2.24) is 0 Å². The summed E-state index contributed by atoms with van der Waals surface area (Å²) in [7, 11) is 0. The maximum absolute atomic E-state index is 11.4. The van der Waals surface area contributed by atoms with Gasteiger partial charge in [-0.25, -0.2) is 4.79 Å². The third-order valence-electron chi connectivity index (χ3n) is 1.79. The van der Waals surface area contributed by atoms with Gasteiger partial charge in [0.2, 0.25) is 0 Å². The van der Waals surface area contributed by atoms with Crippen molar-refractivity contribution in [1.29, 1.82) is 0 Å². The molecule has 0 unspecified atom stereocenters. The summed E-state index contributed by atoms with van der Waals surface area (Å²) in [6.07, 6.45) is 0.366. The number of hydrogen-bond acceptors (Lipinski definition) is 2. The van der Waals surface area contributed by atoms with Crippen molar-refractivity contribution in [2.45, 2.75) is 10.2 Å². The summed E-state index contributed by atoms with van der Waals surface area (Å²) in [6, 6.07) is 6.81. The quantitative estimate of drug-likeness (QED) is 0.473. The fourth-order valence-electron chi connectivity index (χ4n) is 1.11. The van der Waals surface area contributed by atoms with Gasteiger partial charge in [-0.2, -0.15) is 0 Å². The molecule has 0 aliphatic rings. The van der Waals surface area contributed by atoms with Gasteiger partial charge in [0, 0.05) is 17.0 Å². The minimum atomic E-state index is -2.11. The van der Waals surface area contributed by atoms with Crippen LogP contribution in [-0.2, 0) is 11.2 Å². The molecular formula is C11H8Cl4O2. The Morgan fingerprint density at radius 2 is 1.88 bits per heavy atom. The highest BCUT2D eigenvalue weighted by molar-refractivity contribution is 6.75. The molecule has 17 heavy (non-hydrogen) atoms. The van der Waals surface area contributed by atoms with Gasteiger partial charge in [-0.15, -0.1) is 0 Å². The Morgan fingerprint density at radius 1 is 1.29 bits per heavy atom. The molecular weight excluding hydrogens is 306 g/mol. The fraction of sp³-hybridized carbons (Fsp3) is 0.182. The average molecular weight is 314 g/mol. The molecule has 0 bridgehead atoms. The van der Waals surface area contributed by atoms with Gasteiger partial charge in [-0.3, -0.25) is 0 Å². The maximum Gasteiger partial charge on any atom is 0.363 e. The van der Waals surface area contributed by atoms with E-state index in [0.29, 0.717) is 22.8 Å². The zero-order valence-corrected chi connectivity index (χ0v) is 11.6. The van der Waals surface area contributed by atoms with Crippen LogP contribution < -0.4 is 4.74 Å². The number of allylic oxidation sites excluding steroid dienone is 1. The number of ether oxygens (including phenoxy) is 1. The lowest BCUT2D eigenvalue weighted by Crippen LogP contribution is -2.25. The van der Waals surface area contributed by atoms with Crippen LogP contribution in [0.3, 0.4) is 0 Å². The van der Waals surface area contributed by atoms with Crippen LogP contribution in [0, 0.1) is 0 Å². The Morgan fingerprint density at radius 3 is 2.41 bits per heavy atom. The van der Waals surface area contributed by atoms with Crippen LogP contribution in [0.15, 0.2) is 35.9 Å². The molecule has 2 nitrogen and oxygen atoms in total. The number of halogens is 4. The molecule has 6 heteroatoms. The molecule has 0 aliphatic carbocycles. The molecule has 1 aromatic rings. The molecule has 0 spiro atoms. The van der Waals surface area contributed by atoms with Crippen LogP contribution in [-0.4, -0.2) is 9.76 Å². The van der Waals surface area contributed by atoms with E-state index in [1.165, 1.54) is 0 Å². The predicted molar refractivity (Wildman–Crippen MR) is 71.1 cm³/mol. The van der Waals surface area contributed by atoms with E-state index in [2.05, 4.69) is 6.58 Å². The predicted octanol–water partition coefficient (Wildman–Crippen LogP) is 4.26. The molecule has 0 amide bonds. The van der Waals surface area contributed by atoms with E-state index >= 15 is 0 Å². The van der Waals surface area contributed by atoms with Gasteiger partial charge in [0.15, 0.2) is 0 Å². The van der Waals surface area contributed by atoms with Crippen molar-refractivity contribution >= 4 is 52.4 Å². The van der Waals surface area contributed by atoms with Crippen LogP contribution in [0.1, 0.15) is 5.56 Å². The molecule has 0 N–H and O–H groups in total. The first kappa shape index (κ1) is 14.7. The molecule has 0 saturated carbocycles. The molecule has 0 fully saturated rings. The van der Waals surface area contributed by atoms with E-state index in [4.69, 9.17) is 51.1 Å².